The topological polar surface area (TPSA) is 36.1 Å². The normalized spacial score (nSPS) is 12.3. The van der Waals surface area contributed by atoms with Crippen LogP contribution < -0.4 is 0 Å². The van der Waals surface area contributed by atoms with E-state index in [0.29, 0.717) is 11.3 Å². The molecule has 118 valence electrons. The average molecular weight is 314 g/mol. The Balaban J connectivity index is 1.87. The van der Waals surface area contributed by atoms with Crippen LogP contribution in [-0.4, -0.2) is 22.8 Å². The maximum Gasteiger partial charge on any atom is 0.270 e. The lowest BCUT2D eigenvalue weighted by molar-refractivity contribution is 0.0737. The van der Waals surface area contributed by atoms with Gasteiger partial charge in [-0.3, -0.25) is 4.79 Å². The van der Waals surface area contributed by atoms with Crippen molar-refractivity contribution in [3.63, 3.8) is 0 Å². The van der Waals surface area contributed by atoms with Gasteiger partial charge < -0.3 is 9.88 Å². The maximum absolute atomic E-state index is 13.4. The number of H-pyrrole nitrogens is 1. The maximum atomic E-state index is 13.4. The molecule has 0 fully saturated rings. The van der Waals surface area contributed by atoms with E-state index in [4.69, 9.17) is 0 Å². The molecule has 0 aliphatic carbocycles. The van der Waals surface area contributed by atoms with Gasteiger partial charge in [-0.1, -0.05) is 24.3 Å². The third-order valence-electron chi connectivity index (χ3n) is 4.09. The Labute approximate surface area is 132 Å². The monoisotopic (exact) mass is 314 g/mol. The Morgan fingerprint density at radius 3 is 2.52 bits per heavy atom. The average Bonchev–Trinajstić information content (AvgIpc) is 2.99. The van der Waals surface area contributed by atoms with Crippen molar-refractivity contribution < 1.29 is 13.6 Å². The fourth-order valence-electron chi connectivity index (χ4n) is 2.55. The number of nitrogens with zero attached hydrogens (tertiary/aromatic N) is 1. The fourth-order valence-corrected chi connectivity index (χ4v) is 2.55. The second-order valence-electron chi connectivity index (χ2n) is 5.54. The largest absolute Gasteiger partial charge is 0.351 e. The number of rotatable bonds is 3. The van der Waals surface area contributed by atoms with Crippen LogP contribution in [0.4, 0.5) is 8.78 Å². The lowest BCUT2D eigenvalue weighted by Crippen LogP contribution is -2.30. The van der Waals surface area contributed by atoms with Gasteiger partial charge in [0.2, 0.25) is 0 Å². The number of aromatic amines is 1. The summed E-state index contributed by atoms with van der Waals surface area (Å²) in [5, 5.41) is 0.949. The molecule has 3 nitrogen and oxygen atoms in total. The minimum absolute atomic E-state index is 0.210. The zero-order chi connectivity index (χ0) is 16.6. The van der Waals surface area contributed by atoms with E-state index in [0.717, 1.165) is 23.0 Å². The molecule has 0 spiro atoms. The first-order valence-electron chi connectivity index (χ1n) is 7.27. The molecule has 0 aliphatic heterocycles. The Morgan fingerprint density at radius 1 is 1.09 bits per heavy atom. The number of hydrogen-bond donors (Lipinski definition) is 1. The lowest BCUT2D eigenvalue weighted by atomic mass is 10.1. The summed E-state index contributed by atoms with van der Waals surface area (Å²) in [6.45, 7) is 1.77. The summed E-state index contributed by atoms with van der Waals surface area (Å²) in [5.74, 6) is -2.02. The second-order valence-corrected chi connectivity index (χ2v) is 5.54. The molecule has 3 rings (SSSR count). The number of fused-ring (bicyclic) bond motifs is 1. The number of carbonyl (C=O) groups excluding carboxylic acids is 1. The van der Waals surface area contributed by atoms with Gasteiger partial charge in [-0.05, 0) is 36.8 Å². The van der Waals surface area contributed by atoms with E-state index < -0.39 is 11.6 Å². The van der Waals surface area contributed by atoms with Gasteiger partial charge >= 0.3 is 0 Å². The summed E-state index contributed by atoms with van der Waals surface area (Å²) < 4.78 is 26.4. The van der Waals surface area contributed by atoms with Crippen molar-refractivity contribution in [1.82, 2.24) is 9.88 Å². The van der Waals surface area contributed by atoms with Crippen LogP contribution in [0.5, 0.6) is 0 Å². The van der Waals surface area contributed by atoms with Crippen LogP contribution in [0.3, 0.4) is 0 Å². The van der Waals surface area contributed by atoms with Crippen LogP contribution in [-0.2, 0) is 0 Å². The van der Waals surface area contributed by atoms with E-state index in [9.17, 15) is 13.6 Å². The first-order chi connectivity index (χ1) is 11.0. The van der Waals surface area contributed by atoms with Crippen molar-refractivity contribution in [2.75, 3.05) is 7.05 Å². The zero-order valence-electron chi connectivity index (χ0n) is 12.8. The van der Waals surface area contributed by atoms with Crippen LogP contribution in [0.15, 0.2) is 48.5 Å². The second kappa shape index (κ2) is 5.83. The Bertz CT molecular complexity index is 839. The molecular weight excluding hydrogens is 298 g/mol. The molecule has 0 unspecified atom stereocenters. The van der Waals surface area contributed by atoms with Crippen LogP contribution >= 0.6 is 0 Å². The van der Waals surface area contributed by atoms with Gasteiger partial charge in [0.15, 0.2) is 11.6 Å². The third-order valence-corrected chi connectivity index (χ3v) is 4.09. The minimum Gasteiger partial charge on any atom is -0.351 e. The molecule has 23 heavy (non-hydrogen) atoms. The molecule has 2 aromatic carbocycles. The van der Waals surface area contributed by atoms with Gasteiger partial charge in [0.05, 0.1) is 6.04 Å². The predicted molar refractivity (Wildman–Crippen MR) is 85.2 cm³/mol. The summed E-state index contributed by atoms with van der Waals surface area (Å²) >= 11 is 0. The Morgan fingerprint density at radius 2 is 1.83 bits per heavy atom. The van der Waals surface area contributed by atoms with Crippen molar-refractivity contribution in [2.45, 2.75) is 13.0 Å². The van der Waals surface area contributed by atoms with Crippen molar-refractivity contribution in [3.05, 3.63) is 71.4 Å². The van der Waals surface area contributed by atoms with E-state index in [1.165, 1.54) is 11.0 Å². The van der Waals surface area contributed by atoms with Crippen LogP contribution in [0.2, 0.25) is 0 Å². The molecule has 0 aliphatic rings. The van der Waals surface area contributed by atoms with E-state index >= 15 is 0 Å². The fraction of sp³-hybridized carbons (Fsp3) is 0.167. The molecule has 1 aromatic heterocycles. The number of benzene rings is 2. The number of aromatic nitrogens is 1. The number of carbonyl (C=O) groups is 1. The van der Waals surface area contributed by atoms with E-state index in [1.807, 2.05) is 24.3 Å². The number of halogens is 2. The lowest BCUT2D eigenvalue weighted by Gasteiger charge is -2.25. The van der Waals surface area contributed by atoms with E-state index in [-0.39, 0.29) is 11.9 Å². The highest BCUT2D eigenvalue weighted by Gasteiger charge is 2.21. The molecule has 1 N–H and O–H groups in total. The zero-order valence-corrected chi connectivity index (χ0v) is 12.8. The van der Waals surface area contributed by atoms with Crippen molar-refractivity contribution in [2.24, 2.45) is 0 Å². The smallest absolute Gasteiger partial charge is 0.270 e. The Kier molecular flexibility index (Phi) is 3.86. The Hall–Kier alpha value is -2.69. The summed E-state index contributed by atoms with van der Waals surface area (Å²) in [6, 6.07) is 12.7. The third kappa shape index (κ3) is 2.82. The van der Waals surface area contributed by atoms with Gasteiger partial charge in [-0.15, -0.1) is 0 Å². The number of hydrogen-bond acceptors (Lipinski definition) is 1. The SMILES string of the molecule is C[C@@H](c1ccc(F)c(F)c1)N(C)C(=O)c1cc2ccccc2[nH]1. The van der Waals surface area contributed by atoms with Crippen LogP contribution in [0.25, 0.3) is 10.9 Å². The molecule has 0 bridgehead atoms. The molecule has 0 radical (unpaired) electrons. The summed E-state index contributed by atoms with van der Waals surface area (Å²) in [7, 11) is 1.64. The molecule has 5 heteroatoms. The highest BCUT2D eigenvalue weighted by molar-refractivity contribution is 5.98. The highest BCUT2D eigenvalue weighted by atomic mass is 19.2. The molecule has 0 saturated heterocycles. The van der Waals surface area contributed by atoms with E-state index in [1.54, 1.807) is 20.0 Å². The minimum atomic E-state index is -0.916. The van der Waals surface area contributed by atoms with Crippen LogP contribution in [0, 0.1) is 11.6 Å². The quantitative estimate of drug-likeness (QED) is 0.769. The summed E-state index contributed by atoms with van der Waals surface area (Å²) in [5.41, 5.74) is 1.88. The van der Waals surface area contributed by atoms with Gasteiger partial charge in [0.25, 0.3) is 5.91 Å². The molecular formula is C18H16F2N2O. The highest BCUT2D eigenvalue weighted by Crippen LogP contribution is 2.23. The van der Waals surface area contributed by atoms with Gasteiger partial charge in [-0.25, -0.2) is 8.78 Å². The van der Waals surface area contributed by atoms with Crippen LogP contribution in [0.1, 0.15) is 29.0 Å². The first kappa shape index (κ1) is 15.2. The summed E-state index contributed by atoms with van der Waals surface area (Å²) in [4.78, 5) is 17.2. The van der Waals surface area contributed by atoms with Gasteiger partial charge in [0.1, 0.15) is 5.69 Å². The number of para-hydroxylation sites is 1. The number of amides is 1. The van der Waals surface area contributed by atoms with Gasteiger partial charge in [-0.2, -0.15) is 0 Å². The predicted octanol–water partition coefficient (Wildman–Crippen LogP) is 4.28. The number of nitrogens with one attached hydrogen (secondary N) is 1. The van der Waals surface area contributed by atoms with E-state index in [2.05, 4.69) is 4.98 Å². The van der Waals surface area contributed by atoms with Crippen molar-refractivity contribution in [3.8, 4) is 0 Å². The molecule has 1 atom stereocenters. The summed E-state index contributed by atoms with van der Waals surface area (Å²) in [6.07, 6.45) is 0. The van der Waals surface area contributed by atoms with Crippen molar-refractivity contribution >= 4 is 16.8 Å². The standard InChI is InChI=1S/C18H16F2N2O/c1-11(12-7-8-14(19)15(20)9-12)22(2)18(23)17-10-13-5-3-4-6-16(13)21-17/h3-11,21H,1-2H3/t11-/m0/s1. The van der Waals surface area contributed by atoms with Crippen molar-refractivity contribution in [1.29, 1.82) is 0 Å². The molecule has 3 aromatic rings. The molecule has 1 heterocycles. The molecule has 0 saturated carbocycles. The first-order valence-corrected chi connectivity index (χ1v) is 7.27. The molecule has 1 amide bonds. The van der Waals surface area contributed by atoms with Gasteiger partial charge in [0, 0.05) is 18.0 Å².